The van der Waals surface area contributed by atoms with E-state index >= 15 is 0 Å². The molecule has 0 aromatic heterocycles. The minimum atomic E-state index is -1.15. The molecule has 0 aromatic rings. The molecule has 1 rings (SSSR count). The summed E-state index contributed by atoms with van der Waals surface area (Å²) in [6.45, 7) is 1.16. The van der Waals surface area contributed by atoms with Crippen LogP contribution in [-0.4, -0.2) is 44.9 Å². The maximum absolute atomic E-state index is 11.1. The van der Waals surface area contributed by atoms with Gasteiger partial charge < -0.3 is 19.3 Å². The number of hydrogen-bond acceptors (Lipinski definition) is 5. The van der Waals surface area contributed by atoms with Gasteiger partial charge in [0.2, 0.25) is 0 Å². The molecule has 0 radical (unpaired) electrons. The van der Waals surface area contributed by atoms with E-state index in [0.717, 1.165) is 5.57 Å². The standard InChI is InChI=1S/C10H17NO5/c1-14-9(12)8(11-10(13)15-2)7-3-5-16-6-4-7/h9,12H,3-6H2,1-2H3,(H,11,13). The zero-order chi connectivity index (χ0) is 12.0. The molecule has 1 fully saturated rings. The first-order valence-corrected chi connectivity index (χ1v) is 5.04. The van der Waals surface area contributed by atoms with Gasteiger partial charge in [-0.25, -0.2) is 4.79 Å². The van der Waals surface area contributed by atoms with Crippen molar-refractivity contribution in [1.29, 1.82) is 0 Å². The van der Waals surface area contributed by atoms with Gasteiger partial charge in [0.05, 0.1) is 26.0 Å². The molecule has 1 atom stereocenters. The molecular formula is C10H17NO5. The van der Waals surface area contributed by atoms with Crippen molar-refractivity contribution in [3.05, 3.63) is 11.3 Å². The van der Waals surface area contributed by atoms with E-state index < -0.39 is 12.4 Å². The predicted molar refractivity (Wildman–Crippen MR) is 55.6 cm³/mol. The van der Waals surface area contributed by atoms with Crippen LogP contribution in [0.2, 0.25) is 0 Å². The third kappa shape index (κ3) is 3.48. The lowest BCUT2D eigenvalue weighted by atomic mass is 10.0. The van der Waals surface area contributed by atoms with E-state index in [1.165, 1.54) is 14.2 Å². The summed E-state index contributed by atoms with van der Waals surface area (Å²) in [5.74, 6) is 0. The number of methoxy groups -OCH3 is 2. The van der Waals surface area contributed by atoms with Crippen LogP contribution in [0.3, 0.4) is 0 Å². The van der Waals surface area contributed by atoms with Crippen molar-refractivity contribution in [1.82, 2.24) is 5.32 Å². The highest BCUT2D eigenvalue weighted by molar-refractivity contribution is 5.69. The average Bonchev–Trinajstić information content (AvgIpc) is 2.35. The topological polar surface area (TPSA) is 77.0 Å². The summed E-state index contributed by atoms with van der Waals surface area (Å²) in [4.78, 5) is 11.1. The lowest BCUT2D eigenvalue weighted by molar-refractivity contribution is -0.0503. The highest BCUT2D eigenvalue weighted by atomic mass is 16.6. The van der Waals surface area contributed by atoms with Crippen LogP contribution in [0.15, 0.2) is 11.3 Å². The molecule has 0 saturated carbocycles. The number of aliphatic hydroxyl groups is 1. The van der Waals surface area contributed by atoms with E-state index in [2.05, 4.69) is 10.1 Å². The molecule has 92 valence electrons. The van der Waals surface area contributed by atoms with Crippen LogP contribution in [0.5, 0.6) is 0 Å². The lowest BCUT2D eigenvalue weighted by Gasteiger charge is -2.22. The van der Waals surface area contributed by atoms with Crippen molar-refractivity contribution in [3.8, 4) is 0 Å². The number of carbonyl (C=O) groups excluding carboxylic acids is 1. The summed E-state index contributed by atoms with van der Waals surface area (Å²) in [5, 5.41) is 12.1. The van der Waals surface area contributed by atoms with Gasteiger partial charge in [0.1, 0.15) is 0 Å². The smallest absolute Gasteiger partial charge is 0.411 e. The molecule has 6 nitrogen and oxygen atoms in total. The number of nitrogens with one attached hydrogen (secondary N) is 1. The van der Waals surface area contributed by atoms with Crippen LogP contribution in [0.4, 0.5) is 4.79 Å². The third-order valence-corrected chi connectivity index (χ3v) is 2.37. The molecular weight excluding hydrogens is 214 g/mol. The van der Waals surface area contributed by atoms with Crippen LogP contribution < -0.4 is 5.32 Å². The summed E-state index contributed by atoms with van der Waals surface area (Å²) in [7, 11) is 2.63. The minimum Gasteiger partial charge on any atom is -0.453 e. The van der Waals surface area contributed by atoms with Gasteiger partial charge in [0, 0.05) is 7.11 Å². The first kappa shape index (κ1) is 13.0. The number of carbonyl (C=O) groups is 1. The Hall–Kier alpha value is -1.11. The van der Waals surface area contributed by atoms with E-state index in [1.807, 2.05) is 0 Å². The number of aliphatic hydroxyl groups excluding tert-OH is 1. The van der Waals surface area contributed by atoms with Gasteiger partial charge in [-0.1, -0.05) is 0 Å². The van der Waals surface area contributed by atoms with Gasteiger partial charge in [-0.15, -0.1) is 0 Å². The normalized spacial score (nSPS) is 17.8. The van der Waals surface area contributed by atoms with E-state index in [-0.39, 0.29) is 0 Å². The van der Waals surface area contributed by atoms with Gasteiger partial charge in [0.15, 0.2) is 6.29 Å². The molecule has 1 amide bonds. The Labute approximate surface area is 94.2 Å². The number of amides is 1. The first-order chi connectivity index (χ1) is 7.69. The molecule has 6 heteroatoms. The summed E-state index contributed by atoms with van der Waals surface area (Å²) in [5.41, 5.74) is 1.28. The fraction of sp³-hybridized carbons (Fsp3) is 0.700. The molecule has 1 saturated heterocycles. The Morgan fingerprint density at radius 3 is 2.56 bits per heavy atom. The van der Waals surface area contributed by atoms with E-state index in [4.69, 9.17) is 9.47 Å². The fourth-order valence-electron chi connectivity index (χ4n) is 1.49. The van der Waals surface area contributed by atoms with Crippen molar-refractivity contribution in [2.75, 3.05) is 27.4 Å². The van der Waals surface area contributed by atoms with Crippen LogP contribution in [0, 0.1) is 0 Å². The largest absolute Gasteiger partial charge is 0.453 e. The number of hydrogen-bond donors (Lipinski definition) is 2. The first-order valence-electron chi connectivity index (χ1n) is 5.04. The summed E-state index contributed by atoms with van der Waals surface area (Å²) < 4.78 is 14.5. The molecule has 1 aliphatic rings. The Bertz CT molecular complexity index is 268. The van der Waals surface area contributed by atoms with Gasteiger partial charge >= 0.3 is 6.09 Å². The second-order valence-electron chi connectivity index (χ2n) is 3.33. The van der Waals surface area contributed by atoms with Crippen molar-refractivity contribution in [2.24, 2.45) is 0 Å². The minimum absolute atomic E-state index is 0.359. The highest BCUT2D eigenvalue weighted by Crippen LogP contribution is 2.19. The molecule has 1 unspecified atom stereocenters. The predicted octanol–water partition coefficient (Wildman–Crippen LogP) is 0.372. The zero-order valence-corrected chi connectivity index (χ0v) is 9.49. The van der Waals surface area contributed by atoms with Crippen LogP contribution in [-0.2, 0) is 14.2 Å². The molecule has 16 heavy (non-hydrogen) atoms. The molecule has 0 aliphatic carbocycles. The third-order valence-electron chi connectivity index (χ3n) is 2.37. The van der Waals surface area contributed by atoms with E-state index in [9.17, 15) is 9.90 Å². The molecule has 1 aliphatic heterocycles. The Morgan fingerprint density at radius 1 is 1.44 bits per heavy atom. The molecule has 0 bridgehead atoms. The molecule has 2 N–H and O–H groups in total. The average molecular weight is 231 g/mol. The Morgan fingerprint density at radius 2 is 2.06 bits per heavy atom. The Balaban J connectivity index is 2.79. The Kier molecular flexibility index (Phi) is 5.24. The van der Waals surface area contributed by atoms with Gasteiger partial charge in [-0.2, -0.15) is 0 Å². The van der Waals surface area contributed by atoms with Gasteiger partial charge in [-0.3, -0.25) is 5.32 Å². The summed E-state index contributed by atoms with van der Waals surface area (Å²) in [6, 6.07) is 0. The van der Waals surface area contributed by atoms with E-state index in [0.29, 0.717) is 31.8 Å². The van der Waals surface area contributed by atoms with Crippen LogP contribution in [0.25, 0.3) is 0 Å². The fourth-order valence-corrected chi connectivity index (χ4v) is 1.49. The number of alkyl carbamates (subject to hydrolysis) is 1. The zero-order valence-electron chi connectivity index (χ0n) is 9.49. The molecule has 0 aromatic carbocycles. The number of ether oxygens (including phenoxy) is 3. The number of rotatable bonds is 3. The van der Waals surface area contributed by atoms with Gasteiger partial charge in [-0.05, 0) is 18.4 Å². The second kappa shape index (κ2) is 6.47. The molecule has 0 spiro atoms. The quantitative estimate of drug-likeness (QED) is 0.686. The summed E-state index contributed by atoms with van der Waals surface area (Å²) in [6.07, 6.45) is -0.434. The second-order valence-corrected chi connectivity index (χ2v) is 3.33. The van der Waals surface area contributed by atoms with E-state index in [1.54, 1.807) is 0 Å². The molecule has 1 heterocycles. The van der Waals surface area contributed by atoms with Crippen molar-refractivity contribution >= 4 is 6.09 Å². The summed E-state index contributed by atoms with van der Waals surface area (Å²) >= 11 is 0. The maximum atomic E-state index is 11.1. The van der Waals surface area contributed by atoms with Crippen molar-refractivity contribution < 1.29 is 24.1 Å². The lowest BCUT2D eigenvalue weighted by Crippen LogP contribution is -2.33. The van der Waals surface area contributed by atoms with Crippen LogP contribution in [0.1, 0.15) is 12.8 Å². The van der Waals surface area contributed by atoms with Crippen molar-refractivity contribution in [2.45, 2.75) is 19.1 Å². The van der Waals surface area contributed by atoms with Crippen LogP contribution >= 0.6 is 0 Å². The highest BCUT2D eigenvalue weighted by Gasteiger charge is 2.20. The maximum Gasteiger partial charge on any atom is 0.411 e. The van der Waals surface area contributed by atoms with Crippen molar-refractivity contribution in [3.63, 3.8) is 0 Å². The van der Waals surface area contributed by atoms with Gasteiger partial charge in [0.25, 0.3) is 0 Å². The SMILES string of the molecule is COC(=O)NC(=C1CCOCC1)C(O)OC. The monoisotopic (exact) mass is 231 g/mol.